The van der Waals surface area contributed by atoms with Gasteiger partial charge in [0.1, 0.15) is 6.04 Å². The van der Waals surface area contributed by atoms with E-state index in [-0.39, 0.29) is 17.9 Å². The zero-order valence-corrected chi connectivity index (χ0v) is 22.6. The molecule has 0 heterocycles. The fourth-order valence-electron chi connectivity index (χ4n) is 3.89. The van der Waals surface area contributed by atoms with E-state index in [1.54, 1.807) is 16.7 Å². The quantitative estimate of drug-likeness (QED) is 0.260. The Morgan fingerprint density at radius 3 is 2.19 bits per heavy atom. The maximum absolute atomic E-state index is 13.6. The predicted octanol–water partition coefficient (Wildman–Crippen LogP) is 6.52. The Balaban J connectivity index is 1.80. The molecule has 0 aliphatic rings. The van der Waals surface area contributed by atoms with Crippen molar-refractivity contribution in [3.63, 3.8) is 0 Å². The van der Waals surface area contributed by atoms with Crippen LogP contribution in [0, 0.1) is 0 Å². The largest absolute Gasteiger partial charge is 0.352 e. The summed E-state index contributed by atoms with van der Waals surface area (Å²) in [7, 11) is 0. The first kappa shape index (κ1) is 27.8. The van der Waals surface area contributed by atoms with Crippen LogP contribution in [-0.4, -0.2) is 34.6 Å². The third-order valence-corrected chi connectivity index (χ3v) is 7.35. The van der Waals surface area contributed by atoms with Gasteiger partial charge in [-0.2, -0.15) is 11.8 Å². The van der Waals surface area contributed by atoms with E-state index in [1.807, 2.05) is 86.6 Å². The average Bonchev–Trinajstić information content (AvgIpc) is 2.89. The number of hydrogen-bond donors (Lipinski definition) is 1. The van der Waals surface area contributed by atoms with Crippen LogP contribution in [0.5, 0.6) is 0 Å². The van der Waals surface area contributed by atoms with Gasteiger partial charge in [0.25, 0.3) is 0 Å². The highest BCUT2D eigenvalue weighted by Crippen LogP contribution is 2.20. The number of carbonyl (C=O) groups excluding carboxylic acids is 2. The number of hydrogen-bond acceptors (Lipinski definition) is 3. The number of halogens is 1. The molecule has 0 aliphatic heterocycles. The molecule has 3 aromatic rings. The van der Waals surface area contributed by atoms with Crippen molar-refractivity contribution in [2.24, 2.45) is 0 Å². The summed E-state index contributed by atoms with van der Waals surface area (Å²) in [4.78, 5) is 28.9. The van der Waals surface area contributed by atoms with Crippen LogP contribution in [-0.2, 0) is 28.3 Å². The van der Waals surface area contributed by atoms with Gasteiger partial charge < -0.3 is 10.2 Å². The summed E-state index contributed by atoms with van der Waals surface area (Å²) in [6, 6.07) is 27.0. The third kappa shape index (κ3) is 9.03. The number of rotatable bonds is 13. The number of thioether (sulfide) groups is 1. The Morgan fingerprint density at radius 1 is 0.917 bits per heavy atom. The van der Waals surface area contributed by atoms with Gasteiger partial charge in [0.15, 0.2) is 0 Å². The Labute approximate surface area is 224 Å². The first-order valence-electron chi connectivity index (χ1n) is 12.5. The molecular weight excluding hydrogens is 488 g/mol. The molecule has 0 saturated heterocycles. The second kappa shape index (κ2) is 14.7. The molecule has 3 aromatic carbocycles. The highest BCUT2D eigenvalue weighted by molar-refractivity contribution is 7.98. The van der Waals surface area contributed by atoms with Crippen LogP contribution in [0.1, 0.15) is 43.4 Å². The summed E-state index contributed by atoms with van der Waals surface area (Å²) in [5.41, 5.74) is 3.16. The SMILES string of the molecule is CC[C@H](C)NC(=O)[C@H](Cc1ccccc1)N(Cc1cccc(Cl)c1)C(=O)CCSCc1ccccc1. The predicted molar refractivity (Wildman–Crippen MR) is 151 cm³/mol. The number of nitrogens with one attached hydrogen (secondary N) is 1. The Bertz CT molecular complexity index is 1090. The summed E-state index contributed by atoms with van der Waals surface area (Å²) < 4.78 is 0. The first-order valence-corrected chi connectivity index (χ1v) is 14.0. The van der Waals surface area contributed by atoms with Crippen molar-refractivity contribution in [1.82, 2.24) is 10.2 Å². The topological polar surface area (TPSA) is 49.4 Å². The third-order valence-electron chi connectivity index (χ3n) is 6.09. The molecule has 0 fully saturated rings. The molecule has 2 atom stereocenters. The monoisotopic (exact) mass is 522 g/mol. The van der Waals surface area contributed by atoms with Crippen molar-refractivity contribution in [2.45, 2.75) is 57.5 Å². The smallest absolute Gasteiger partial charge is 0.243 e. The van der Waals surface area contributed by atoms with E-state index in [0.717, 1.165) is 23.3 Å². The van der Waals surface area contributed by atoms with Gasteiger partial charge >= 0.3 is 0 Å². The molecule has 2 amide bonds. The number of benzene rings is 3. The normalized spacial score (nSPS) is 12.5. The van der Waals surface area contributed by atoms with Crippen LogP contribution in [0.3, 0.4) is 0 Å². The van der Waals surface area contributed by atoms with E-state index in [0.29, 0.717) is 30.2 Å². The van der Waals surface area contributed by atoms with Gasteiger partial charge in [-0.05, 0) is 42.2 Å². The van der Waals surface area contributed by atoms with E-state index in [2.05, 4.69) is 17.4 Å². The van der Waals surface area contributed by atoms with Gasteiger partial charge in [-0.1, -0.05) is 91.3 Å². The van der Waals surface area contributed by atoms with Crippen LogP contribution in [0.2, 0.25) is 5.02 Å². The Morgan fingerprint density at radius 2 is 1.56 bits per heavy atom. The van der Waals surface area contributed by atoms with Gasteiger partial charge in [0.05, 0.1) is 0 Å². The highest BCUT2D eigenvalue weighted by Gasteiger charge is 2.30. The molecule has 190 valence electrons. The minimum Gasteiger partial charge on any atom is -0.352 e. The van der Waals surface area contributed by atoms with Gasteiger partial charge in [-0.15, -0.1) is 0 Å². The molecule has 36 heavy (non-hydrogen) atoms. The fourth-order valence-corrected chi connectivity index (χ4v) is 5.00. The molecule has 0 bridgehead atoms. The number of carbonyl (C=O) groups is 2. The van der Waals surface area contributed by atoms with Crippen molar-refractivity contribution >= 4 is 35.2 Å². The molecule has 0 aliphatic carbocycles. The lowest BCUT2D eigenvalue weighted by molar-refractivity contribution is -0.141. The van der Waals surface area contributed by atoms with Crippen molar-refractivity contribution in [3.05, 3.63) is 107 Å². The Hall–Kier alpha value is -2.76. The maximum Gasteiger partial charge on any atom is 0.243 e. The lowest BCUT2D eigenvalue weighted by Crippen LogP contribution is -2.52. The zero-order chi connectivity index (χ0) is 25.8. The van der Waals surface area contributed by atoms with Gasteiger partial charge in [0.2, 0.25) is 11.8 Å². The molecule has 0 unspecified atom stereocenters. The average molecular weight is 523 g/mol. The maximum atomic E-state index is 13.6. The minimum absolute atomic E-state index is 0.0281. The lowest BCUT2D eigenvalue weighted by atomic mass is 10.0. The van der Waals surface area contributed by atoms with Crippen LogP contribution in [0.15, 0.2) is 84.9 Å². The molecular formula is C30H35ClN2O2S. The zero-order valence-electron chi connectivity index (χ0n) is 21.0. The van der Waals surface area contributed by atoms with Gasteiger partial charge in [-0.3, -0.25) is 9.59 Å². The van der Waals surface area contributed by atoms with E-state index < -0.39 is 6.04 Å². The summed E-state index contributed by atoms with van der Waals surface area (Å²) >= 11 is 7.97. The van der Waals surface area contributed by atoms with E-state index in [1.165, 1.54) is 5.56 Å². The van der Waals surface area contributed by atoms with Crippen LogP contribution < -0.4 is 5.32 Å². The molecule has 0 aromatic heterocycles. The minimum atomic E-state index is -0.619. The molecule has 0 radical (unpaired) electrons. The highest BCUT2D eigenvalue weighted by atomic mass is 35.5. The summed E-state index contributed by atoms with van der Waals surface area (Å²) in [5.74, 6) is 1.38. The number of nitrogens with zero attached hydrogens (tertiary/aromatic N) is 1. The first-order chi connectivity index (χ1) is 17.5. The molecule has 0 spiro atoms. The molecule has 4 nitrogen and oxygen atoms in total. The summed E-state index contributed by atoms with van der Waals surface area (Å²) in [5, 5.41) is 3.72. The van der Waals surface area contributed by atoms with Crippen molar-refractivity contribution in [1.29, 1.82) is 0 Å². The van der Waals surface area contributed by atoms with E-state index >= 15 is 0 Å². The second-order valence-electron chi connectivity index (χ2n) is 8.96. The molecule has 6 heteroatoms. The number of amides is 2. The van der Waals surface area contributed by atoms with Crippen LogP contribution >= 0.6 is 23.4 Å². The fraction of sp³-hybridized carbons (Fsp3) is 0.333. The van der Waals surface area contributed by atoms with Crippen LogP contribution in [0.25, 0.3) is 0 Å². The second-order valence-corrected chi connectivity index (χ2v) is 10.5. The van der Waals surface area contributed by atoms with Gasteiger partial charge in [-0.25, -0.2) is 0 Å². The standard InChI is InChI=1S/C30H35ClN2O2S/c1-3-23(2)32-30(35)28(20-24-11-6-4-7-12-24)33(21-26-15-10-16-27(31)19-26)29(34)17-18-36-22-25-13-8-5-9-14-25/h4-16,19,23,28H,3,17-18,20-22H2,1-2H3,(H,32,35)/t23-,28-/m0/s1. The summed E-state index contributed by atoms with van der Waals surface area (Å²) in [6.07, 6.45) is 1.63. The van der Waals surface area contributed by atoms with E-state index in [9.17, 15) is 9.59 Å². The van der Waals surface area contributed by atoms with Crippen molar-refractivity contribution in [2.75, 3.05) is 5.75 Å². The van der Waals surface area contributed by atoms with E-state index in [4.69, 9.17) is 11.6 Å². The van der Waals surface area contributed by atoms with Gasteiger partial charge in [0, 0.05) is 42.0 Å². The van der Waals surface area contributed by atoms with Crippen LogP contribution in [0.4, 0.5) is 0 Å². The lowest BCUT2D eigenvalue weighted by Gasteiger charge is -2.32. The summed E-state index contributed by atoms with van der Waals surface area (Å²) in [6.45, 7) is 4.35. The molecule has 3 rings (SSSR count). The molecule has 1 N–H and O–H groups in total. The van der Waals surface area contributed by atoms with Crippen molar-refractivity contribution in [3.8, 4) is 0 Å². The molecule has 0 saturated carbocycles. The van der Waals surface area contributed by atoms with Crippen molar-refractivity contribution < 1.29 is 9.59 Å². The Kier molecular flexibility index (Phi) is 11.4.